The second kappa shape index (κ2) is 10.3. The Hall–Kier alpha value is -5.84. The Balaban J connectivity index is 1.20. The summed E-state index contributed by atoms with van der Waals surface area (Å²) in [5.74, 6) is 0. The van der Waals surface area contributed by atoms with Gasteiger partial charge in [0, 0.05) is 31.8 Å². The number of hydrogen-bond acceptors (Lipinski definition) is 4. The molecular formula is C43H26N2OS. The highest BCUT2D eigenvalue weighted by Gasteiger charge is 2.24. The van der Waals surface area contributed by atoms with Crippen LogP contribution in [-0.2, 0) is 0 Å². The van der Waals surface area contributed by atoms with Crippen LogP contribution in [0.5, 0.6) is 0 Å². The average Bonchev–Trinajstić information content (AvgIpc) is 3.54. The monoisotopic (exact) mass is 618 g/mol. The van der Waals surface area contributed by atoms with Crippen LogP contribution in [0.2, 0.25) is 0 Å². The van der Waals surface area contributed by atoms with Gasteiger partial charge in [0.05, 0.1) is 28.0 Å². The molecule has 10 rings (SSSR count). The largest absolute Gasteiger partial charge is 0.456 e. The second-order valence-electron chi connectivity index (χ2n) is 11.9. The predicted molar refractivity (Wildman–Crippen MR) is 196 cm³/mol. The first-order chi connectivity index (χ1) is 23.3. The maximum Gasteiger partial charge on any atom is 0.137 e. The van der Waals surface area contributed by atoms with Crippen LogP contribution in [0.3, 0.4) is 0 Å². The third-order valence-corrected chi connectivity index (χ3v) is 10.4. The lowest BCUT2D eigenvalue weighted by molar-refractivity contribution is 0.669. The van der Waals surface area contributed by atoms with E-state index in [4.69, 9.17) is 9.40 Å². The van der Waals surface area contributed by atoms with Gasteiger partial charge in [-0.1, -0.05) is 109 Å². The SMILES string of the molecule is c1ccc(-c2cc(-c3ccc(N4c5ccccc5Sc5ccccc54)cc3)nc3c2ccc2oc4ccc5ccccc5c4c23)cc1. The number of para-hydroxylation sites is 2. The first kappa shape index (κ1) is 26.4. The Morgan fingerprint density at radius 3 is 1.96 bits per heavy atom. The van der Waals surface area contributed by atoms with Crippen LogP contribution in [-0.4, -0.2) is 4.98 Å². The van der Waals surface area contributed by atoms with Crippen molar-refractivity contribution in [2.24, 2.45) is 0 Å². The van der Waals surface area contributed by atoms with E-state index in [0.29, 0.717) is 0 Å². The Morgan fingerprint density at radius 1 is 0.511 bits per heavy atom. The molecule has 4 heteroatoms. The third-order valence-electron chi connectivity index (χ3n) is 9.24. The predicted octanol–water partition coefficient (Wildman–Crippen LogP) is 12.6. The smallest absolute Gasteiger partial charge is 0.137 e. The summed E-state index contributed by atoms with van der Waals surface area (Å²) >= 11 is 1.83. The van der Waals surface area contributed by atoms with Crippen molar-refractivity contribution in [3.63, 3.8) is 0 Å². The van der Waals surface area contributed by atoms with Gasteiger partial charge in [-0.05, 0) is 82.6 Å². The minimum atomic E-state index is 0.850. The molecule has 0 saturated carbocycles. The minimum Gasteiger partial charge on any atom is -0.456 e. The second-order valence-corrected chi connectivity index (χ2v) is 13.0. The molecule has 7 aromatic carbocycles. The van der Waals surface area contributed by atoms with Crippen molar-refractivity contribution in [2.75, 3.05) is 4.90 Å². The zero-order valence-corrected chi connectivity index (χ0v) is 26.0. The van der Waals surface area contributed by atoms with E-state index in [1.807, 2.05) is 11.8 Å². The van der Waals surface area contributed by atoms with Gasteiger partial charge in [0.1, 0.15) is 11.2 Å². The van der Waals surface area contributed by atoms with E-state index in [1.54, 1.807) is 0 Å². The van der Waals surface area contributed by atoms with Gasteiger partial charge in [0.25, 0.3) is 0 Å². The minimum absolute atomic E-state index is 0.850. The summed E-state index contributed by atoms with van der Waals surface area (Å²) in [5, 5.41) is 5.65. The highest BCUT2D eigenvalue weighted by molar-refractivity contribution is 7.99. The molecule has 1 aliphatic heterocycles. The van der Waals surface area contributed by atoms with Crippen LogP contribution in [0, 0.1) is 0 Å². The highest BCUT2D eigenvalue weighted by Crippen LogP contribution is 2.51. The number of furan rings is 1. The lowest BCUT2D eigenvalue weighted by Gasteiger charge is -2.32. The van der Waals surface area contributed by atoms with Gasteiger partial charge in [0.2, 0.25) is 0 Å². The zero-order chi connectivity index (χ0) is 30.9. The van der Waals surface area contributed by atoms with E-state index in [-0.39, 0.29) is 0 Å². The summed E-state index contributed by atoms with van der Waals surface area (Å²) in [6.45, 7) is 0. The van der Waals surface area contributed by atoms with E-state index >= 15 is 0 Å². The molecule has 0 aliphatic carbocycles. The molecule has 0 saturated heterocycles. The van der Waals surface area contributed by atoms with Crippen molar-refractivity contribution in [2.45, 2.75) is 9.79 Å². The Bertz CT molecular complexity index is 2610. The fraction of sp³-hybridized carbons (Fsp3) is 0. The normalized spacial score (nSPS) is 12.6. The van der Waals surface area contributed by atoms with Crippen molar-refractivity contribution in [1.29, 1.82) is 0 Å². The quantitative estimate of drug-likeness (QED) is 0.197. The summed E-state index contributed by atoms with van der Waals surface area (Å²) in [4.78, 5) is 10.3. The van der Waals surface area contributed by atoms with Gasteiger partial charge in [-0.2, -0.15) is 0 Å². The maximum atomic E-state index is 6.45. The molecule has 3 nitrogen and oxygen atoms in total. The summed E-state index contributed by atoms with van der Waals surface area (Å²) in [6, 6.07) is 55.9. The number of benzene rings is 7. The first-order valence-corrected chi connectivity index (χ1v) is 16.6. The van der Waals surface area contributed by atoms with Gasteiger partial charge in [-0.25, -0.2) is 4.98 Å². The van der Waals surface area contributed by atoms with E-state index in [9.17, 15) is 0 Å². The molecule has 0 N–H and O–H groups in total. The summed E-state index contributed by atoms with van der Waals surface area (Å²) in [5.41, 5.74) is 10.5. The fourth-order valence-corrected chi connectivity index (χ4v) is 8.14. The summed E-state index contributed by atoms with van der Waals surface area (Å²) in [7, 11) is 0. The summed E-state index contributed by atoms with van der Waals surface area (Å²) in [6.07, 6.45) is 0. The Morgan fingerprint density at radius 2 is 1.17 bits per heavy atom. The maximum absolute atomic E-state index is 6.45. The lowest BCUT2D eigenvalue weighted by atomic mass is 9.95. The molecule has 2 aromatic heterocycles. The van der Waals surface area contributed by atoms with E-state index in [2.05, 4.69) is 163 Å². The van der Waals surface area contributed by atoms with Crippen LogP contribution >= 0.6 is 11.8 Å². The van der Waals surface area contributed by atoms with Gasteiger partial charge in [0.15, 0.2) is 0 Å². The Kier molecular flexibility index (Phi) is 5.81. The molecule has 0 bridgehead atoms. The van der Waals surface area contributed by atoms with E-state index in [1.165, 1.54) is 31.9 Å². The number of fused-ring (bicyclic) bond motifs is 9. The average molecular weight is 619 g/mol. The lowest BCUT2D eigenvalue weighted by Crippen LogP contribution is -2.14. The first-order valence-electron chi connectivity index (χ1n) is 15.8. The molecule has 0 amide bonds. The molecule has 220 valence electrons. The van der Waals surface area contributed by atoms with Crippen LogP contribution in [0.25, 0.3) is 66.0 Å². The van der Waals surface area contributed by atoms with Crippen molar-refractivity contribution in [3.05, 3.63) is 158 Å². The van der Waals surface area contributed by atoms with Gasteiger partial charge in [-0.15, -0.1) is 0 Å². The molecule has 3 heterocycles. The molecule has 47 heavy (non-hydrogen) atoms. The van der Waals surface area contributed by atoms with Crippen molar-refractivity contribution in [3.8, 4) is 22.4 Å². The van der Waals surface area contributed by atoms with Crippen molar-refractivity contribution in [1.82, 2.24) is 4.98 Å². The van der Waals surface area contributed by atoms with E-state index < -0.39 is 0 Å². The van der Waals surface area contributed by atoms with Gasteiger partial charge < -0.3 is 9.32 Å². The molecule has 1 aliphatic rings. The molecule has 0 spiro atoms. The third kappa shape index (κ3) is 4.12. The molecule has 0 atom stereocenters. The number of pyridine rings is 1. The molecule has 0 radical (unpaired) electrons. The number of hydrogen-bond donors (Lipinski definition) is 0. The standard InChI is InChI=1S/C43H26N2OS/c1-2-10-27(11-3-1)33-26-34(44-43-32(33)23-25-38-42(43)41-31-13-5-4-12-28(31)20-24-37(41)46-38)29-18-21-30(22-19-29)45-35-14-6-8-16-39(35)47-40-17-9-7-15-36(40)45/h1-26H. The van der Waals surface area contributed by atoms with Crippen LogP contribution in [0.1, 0.15) is 0 Å². The fourth-order valence-electron chi connectivity index (χ4n) is 7.08. The van der Waals surface area contributed by atoms with Crippen molar-refractivity contribution >= 4 is 72.4 Å². The molecular weight excluding hydrogens is 593 g/mol. The number of nitrogens with zero attached hydrogens (tertiary/aromatic N) is 2. The number of anilines is 3. The van der Waals surface area contributed by atoms with Crippen LogP contribution < -0.4 is 4.90 Å². The molecule has 0 unspecified atom stereocenters. The van der Waals surface area contributed by atoms with Crippen LogP contribution in [0.4, 0.5) is 17.1 Å². The van der Waals surface area contributed by atoms with Crippen LogP contribution in [0.15, 0.2) is 172 Å². The topological polar surface area (TPSA) is 29.3 Å². The van der Waals surface area contributed by atoms with E-state index in [0.717, 1.165) is 60.9 Å². The van der Waals surface area contributed by atoms with Crippen molar-refractivity contribution < 1.29 is 4.42 Å². The molecule has 9 aromatic rings. The zero-order valence-electron chi connectivity index (χ0n) is 25.2. The summed E-state index contributed by atoms with van der Waals surface area (Å²) < 4.78 is 6.45. The highest BCUT2D eigenvalue weighted by atomic mass is 32.2. The Labute approximate surface area is 275 Å². The molecule has 0 fully saturated rings. The van der Waals surface area contributed by atoms with Gasteiger partial charge in [-0.3, -0.25) is 0 Å². The number of rotatable bonds is 3. The number of aromatic nitrogens is 1. The van der Waals surface area contributed by atoms with Gasteiger partial charge >= 0.3 is 0 Å².